The Labute approximate surface area is 102 Å². The molecule has 1 aliphatic heterocycles. The Morgan fingerprint density at radius 1 is 1.65 bits per heavy atom. The first-order chi connectivity index (χ1) is 8.22. The van der Waals surface area contributed by atoms with Gasteiger partial charge in [0.1, 0.15) is 11.6 Å². The van der Waals surface area contributed by atoms with Crippen molar-refractivity contribution in [1.29, 1.82) is 0 Å². The van der Waals surface area contributed by atoms with Crippen molar-refractivity contribution in [2.24, 2.45) is 13.0 Å². The Morgan fingerprint density at radius 2 is 2.47 bits per heavy atom. The maximum atomic E-state index is 12.1. The fourth-order valence-electron chi connectivity index (χ4n) is 2.48. The van der Waals surface area contributed by atoms with Gasteiger partial charge in [-0.3, -0.25) is 4.79 Å². The molecule has 2 heterocycles. The fraction of sp³-hybridized carbons (Fsp3) is 0.692. The molecule has 1 aromatic rings. The average Bonchev–Trinajstić information content (AvgIpc) is 2.94. The summed E-state index contributed by atoms with van der Waals surface area (Å²) in [7, 11) is 1.96. The monoisotopic (exact) mass is 236 g/mol. The molecule has 0 amide bonds. The van der Waals surface area contributed by atoms with Crippen LogP contribution in [0.15, 0.2) is 12.4 Å². The summed E-state index contributed by atoms with van der Waals surface area (Å²) in [4.78, 5) is 16.3. The first kappa shape index (κ1) is 12.3. The largest absolute Gasteiger partial charge is 0.377 e. The Bertz CT molecular complexity index is 387. The van der Waals surface area contributed by atoms with Crippen LogP contribution in [0.25, 0.3) is 0 Å². The van der Waals surface area contributed by atoms with Crippen molar-refractivity contribution in [2.75, 3.05) is 6.61 Å². The van der Waals surface area contributed by atoms with Crippen molar-refractivity contribution < 1.29 is 9.53 Å². The molecule has 0 spiro atoms. The van der Waals surface area contributed by atoms with Crippen molar-refractivity contribution >= 4 is 5.78 Å². The molecule has 2 atom stereocenters. The van der Waals surface area contributed by atoms with Crippen LogP contribution in [0.5, 0.6) is 0 Å². The zero-order valence-electron chi connectivity index (χ0n) is 10.6. The number of carbonyl (C=O) groups is 1. The topological polar surface area (TPSA) is 44.1 Å². The minimum Gasteiger partial charge on any atom is -0.377 e. The first-order valence-electron chi connectivity index (χ1n) is 6.33. The molecule has 2 rings (SSSR count). The van der Waals surface area contributed by atoms with Gasteiger partial charge in [0.2, 0.25) is 0 Å². The summed E-state index contributed by atoms with van der Waals surface area (Å²) >= 11 is 0. The van der Waals surface area contributed by atoms with Gasteiger partial charge in [0.15, 0.2) is 0 Å². The van der Waals surface area contributed by atoms with Crippen LogP contribution in [0.3, 0.4) is 0 Å². The summed E-state index contributed by atoms with van der Waals surface area (Å²) < 4.78 is 7.52. The molecular weight excluding hydrogens is 216 g/mol. The predicted octanol–water partition coefficient (Wildman–Crippen LogP) is 1.74. The van der Waals surface area contributed by atoms with E-state index in [2.05, 4.69) is 11.9 Å². The van der Waals surface area contributed by atoms with Gasteiger partial charge in [0.05, 0.1) is 6.10 Å². The number of aryl methyl sites for hydroxylation is 2. The summed E-state index contributed by atoms with van der Waals surface area (Å²) in [5.41, 5.74) is 0. The van der Waals surface area contributed by atoms with Crippen molar-refractivity contribution in [3.05, 3.63) is 18.2 Å². The number of ether oxygens (including phenoxy) is 1. The van der Waals surface area contributed by atoms with Gasteiger partial charge in [-0.25, -0.2) is 4.98 Å². The molecule has 17 heavy (non-hydrogen) atoms. The van der Waals surface area contributed by atoms with Gasteiger partial charge in [0.25, 0.3) is 0 Å². The maximum Gasteiger partial charge on any atom is 0.139 e. The van der Waals surface area contributed by atoms with E-state index in [1.165, 1.54) is 0 Å². The molecule has 0 saturated carbocycles. The van der Waals surface area contributed by atoms with Gasteiger partial charge in [-0.1, -0.05) is 6.92 Å². The van der Waals surface area contributed by atoms with Crippen molar-refractivity contribution in [2.45, 2.75) is 38.7 Å². The molecule has 4 heteroatoms. The van der Waals surface area contributed by atoms with E-state index in [4.69, 9.17) is 4.74 Å². The third-order valence-corrected chi connectivity index (χ3v) is 3.54. The van der Waals surface area contributed by atoms with Crippen LogP contribution < -0.4 is 0 Å². The molecule has 0 radical (unpaired) electrons. The summed E-state index contributed by atoms with van der Waals surface area (Å²) in [6, 6.07) is 0. The number of hydrogen-bond acceptors (Lipinski definition) is 3. The molecule has 1 saturated heterocycles. The Morgan fingerprint density at radius 3 is 3.12 bits per heavy atom. The van der Waals surface area contributed by atoms with E-state index in [0.29, 0.717) is 12.2 Å². The van der Waals surface area contributed by atoms with Crippen molar-refractivity contribution in [3.63, 3.8) is 0 Å². The zero-order chi connectivity index (χ0) is 12.3. The molecule has 2 unspecified atom stereocenters. The lowest BCUT2D eigenvalue weighted by Gasteiger charge is -2.15. The summed E-state index contributed by atoms with van der Waals surface area (Å²) in [5, 5.41) is 0. The second-order valence-electron chi connectivity index (χ2n) is 4.63. The molecular formula is C13H20N2O2. The minimum atomic E-state index is 0.111. The average molecular weight is 236 g/mol. The molecule has 0 aromatic carbocycles. The number of imidazole rings is 1. The van der Waals surface area contributed by atoms with Crippen LogP contribution in [0.4, 0.5) is 0 Å². The summed E-state index contributed by atoms with van der Waals surface area (Å²) in [5.74, 6) is 1.42. The quantitative estimate of drug-likeness (QED) is 0.782. The lowest BCUT2D eigenvalue weighted by molar-refractivity contribution is -0.124. The minimum absolute atomic E-state index is 0.111. The lowest BCUT2D eigenvalue weighted by atomic mass is 9.92. The molecule has 0 aliphatic carbocycles. The van der Waals surface area contributed by atoms with E-state index in [1.54, 1.807) is 6.20 Å². The second kappa shape index (κ2) is 5.45. The van der Waals surface area contributed by atoms with Crippen LogP contribution in [0.1, 0.15) is 32.0 Å². The number of Topliss-reactive ketones (excluding diaryl/α,β-unsaturated/α-hetero) is 1. The molecule has 0 bridgehead atoms. The smallest absolute Gasteiger partial charge is 0.139 e. The van der Waals surface area contributed by atoms with E-state index in [0.717, 1.165) is 31.7 Å². The van der Waals surface area contributed by atoms with Gasteiger partial charge in [0, 0.05) is 44.8 Å². The molecule has 4 nitrogen and oxygen atoms in total. The third kappa shape index (κ3) is 2.75. The molecule has 0 N–H and O–H groups in total. The van der Waals surface area contributed by atoms with Gasteiger partial charge in [-0.05, 0) is 12.8 Å². The summed E-state index contributed by atoms with van der Waals surface area (Å²) in [6.07, 6.45) is 6.95. The highest BCUT2D eigenvalue weighted by atomic mass is 16.5. The molecule has 1 aliphatic rings. The Balaban J connectivity index is 1.87. The van der Waals surface area contributed by atoms with Crippen LogP contribution in [-0.2, 0) is 23.0 Å². The highest BCUT2D eigenvalue weighted by Gasteiger charge is 2.32. The molecule has 1 aromatic heterocycles. The standard InChI is InChI=1S/C13H20N2O2/c1-3-12-10(6-9-17-12)11(16)4-5-13-14-7-8-15(13)2/h7-8,10,12H,3-6,9H2,1-2H3. The van der Waals surface area contributed by atoms with Crippen molar-refractivity contribution in [1.82, 2.24) is 9.55 Å². The van der Waals surface area contributed by atoms with E-state index in [-0.39, 0.29) is 12.0 Å². The normalized spacial score (nSPS) is 24.1. The van der Waals surface area contributed by atoms with Crippen molar-refractivity contribution in [3.8, 4) is 0 Å². The maximum absolute atomic E-state index is 12.1. The van der Waals surface area contributed by atoms with Crippen LogP contribution >= 0.6 is 0 Å². The molecule has 1 fully saturated rings. The predicted molar refractivity (Wildman–Crippen MR) is 64.7 cm³/mol. The Kier molecular flexibility index (Phi) is 3.94. The Hall–Kier alpha value is -1.16. The number of rotatable bonds is 5. The van der Waals surface area contributed by atoms with E-state index in [1.807, 2.05) is 17.8 Å². The molecule has 94 valence electrons. The van der Waals surface area contributed by atoms with Crippen LogP contribution in [0, 0.1) is 5.92 Å². The highest BCUT2D eigenvalue weighted by Crippen LogP contribution is 2.25. The van der Waals surface area contributed by atoms with E-state index in [9.17, 15) is 4.79 Å². The van der Waals surface area contributed by atoms with Gasteiger partial charge in [-0.2, -0.15) is 0 Å². The number of carbonyl (C=O) groups excluding carboxylic acids is 1. The van der Waals surface area contributed by atoms with E-state index >= 15 is 0 Å². The zero-order valence-corrected chi connectivity index (χ0v) is 10.6. The summed E-state index contributed by atoms with van der Waals surface area (Å²) in [6.45, 7) is 2.81. The fourth-order valence-corrected chi connectivity index (χ4v) is 2.48. The number of ketones is 1. The van der Waals surface area contributed by atoms with Gasteiger partial charge < -0.3 is 9.30 Å². The highest BCUT2D eigenvalue weighted by molar-refractivity contribution is 5.82. The van der Waals surface area contributed by atoms with E-state index < -0.39 is 0 Å². The third-order valence-electron chi connectivity index (χ3n) is 3.54. The number of nitrogens with zero attached hydrogens (tertiary/aromatic N) is 2. The SMILES string of the molecule is CCC1OCCC1C(=O)CCc1nccn1C. The lowest BCUT2D eigenvalue weighted by Crippen LogP contribution is -2.24. The van der Waals surface area contributed by atoms with Gasteiger partial charge in [-0.15, -0.1) is 0 Å². The number of aromatic nitrogens is 2. The first-order valence-corrected chi connectivity index (χ1v) is 6.33. The van der Waals surface area contributed by atoms with Crippen LogP contribution in [-0.4, -0.2) is 28.0 Å². The van der Waals surface area contributed by atoms with Crippen LogP contribution in [0.2, 0.25) is 0 Å². The van der Waals surface area contributed by atoms with Gasteiger partial charge >= 0.3 is 0 Å². The number of hydrogen-bond donors (Lipinski definition) is 0. The second-order valence-corrected chi connectivity index (χ2v) is 4.63.